The fraction of sp³-hybridized carbons (Fsp3) is 0.542. The SMILES string of the molecule is CC(C)OC(=O)[C@H](C)CP(=O)(Oc1ccccc1)O[C@@H](C)[C@H]1O[C@@H](n2cc(F)c(=O)[nH]c2=O)C(F)(CF)[C@H]1O. The molecule has 216 valence electrons. The van der Waals surface area contributed by atoms with Crippen molar-refractivity contribution in [1.29, 1.82) is 0 Å². The van der Waals surface area contributed by atoms with Gasteiger partial charge in [0.2, 0.25) is 11.5 Å². The van der Waals surface area contributed by atoms with Crippen molar-refractivity contribution >= 4 is 13.6 Å². The molecule has 7 atom stereocenters. The number of aliphatic hydroxyl groups is 1. The van der Waals surface area contributed by atoms with E-state index < -0.39 is 85.7 Å². The summed E-state index contributed by atoms with van der Waals surface area (Å²) in [6, 6.07) is 7.80. The smallest absolute Gasteiger partial charge is 0.380 e. The number of hydrogen-bond acceptors (Lipinski definition) is 9. The van der Waals surface area contributed by atoms with Crippen LogP contribution in [0, 0.1) is 11.7 Å². The largest absolute Gasteiger partial charge is 0.463 e. The Kier molecular flexibility index (Phi) is 9.47. The molecule has 2 aromatic rings. The molecule has 0 spiro atoms. The van der Waals surface area contributed by atoms with E-state index in [0.29, 0.717) is 6.20 Å². The fourth-order valence-corrected chi connectivity index (χ4v) is 6.11. The summed E-state index contributed by atoms with van der Waals surface area (Å²) >= 11 is 0. The minimum Gasteiger partial charge on any atom is -0.463 e. The van der Waals surface area contributed by atoms with Crippen LogP contribution in [0.15, 0.2) is 46.1 Å². The number of carbonyl (C=O) groups excluding carboxylic acids is 1. The van der Waals surface area contributed by atoms with Crippen LogP contribution >= 0.6 is 7.60 Å². The van der Waals surface area contributed by atoms with Crippen LogP contribution in [-0.2, 0) is 23.4 Å². The number of aliphatic hydroxyl groups excluding tert-OH is 1. The Morgan fingerprint density at radius 3 is 2.46 bits per heavy atom. The number of aromatic amines is 1. The minimum absolute atomic E-state index is 0.113. The third-order valence-electron chi connectivity index (χ3n) is 5.91. The standard InChI is InChI=1S/C24H30F3N2O9P/c1-13(2)35-21(32)14(3)11-39(34,38-16-8-6-5-7-9-16)37-15(4)18-19(30)24(27,12-25)22(36-18)29-10-17(26)20(31)28-23(29)33/h5-10,13-15,18-19,22,30H,11-12H2,1-4H3,(H,28,31,33)/t14-,15+,18-,19+,22-,24?,39?/m1/s1. The normalized spacial score (nSPS) is 26.1. The maximum absolute atomic E-state index is 15.7. The summed E-state index contributed by atoms with van der Waals surface area (Å²) in [5.41, 5.74) is -5.99. The van der Waals surface area contributed by atoms with Crippen LogP contribution < -0.4 is 15.8 Å². The zero-order chi connectivity index (χ0) is 29.1. The molecule has 1 aliphatic heterocycles. The van der Waals surface area contributed by atoms with E-state index in [9.17, 15) is 32.8 Å². The van der Waals surface area contributed by atoms with Crippen molar-refractivity contribution in [3.63, 3.8) is 0 Å². The predicted molar refractivity (Wildman–Crippen MR) is 131 cm³/mol. The van der Waals surface area contributed by atoms with Crippen LogP contribution in [0.1, 0.15) is 33.9 Å². The summed E-state index contributed by atoms with van der Waals surface area (Å²) in [6.07, 6.45) is -8.35. The van der Waals surface area contributed by atoms with Crippen LogP contribution in [0.3, 0.4) is 0 Å². The number of ether oxygens (including phenoxy) is 2. The van der Waals surface area contributed by atoms with Gasteiger partial charge >= 0.3 is 19.3 Å². The van der Waals surface area contributed by atoms with Gasteiger partial charge in [-0.05, 0) is 32.9 Å². The van der Waals surface area contributed by atoms with Crippen LogP contribution in [0.5, 0.6) is 5.75 Å². The third kappa shape index (κ3) is 6.81. The van der Waals surface area contributed by atoms with E-state index in [4.69, 9.17) is 18.5 Å². The Bertz CT molecular complexity index is 1320. The quantitative estimate of drug-likeness (QED) is 0.304. The summed E-state index contributed by atoms with van der Waals surface area (Å²) in [4.78, 5) is 37.6. The fourth-order valence-electron chi connectivity index (χ4n) is 4.02. The average molecular weight is 578 g/mol. The zero-order valence-electron chi connectivity index (χ0n) is 21.6. The van der Waals surface area contributed by atoms with Crippen molar-refractivity contribution in [2.75, 3.05) is 12.8 Å². The number of hydrogen-bond donors (Lipinski definition) is 2. The van der Waals surface area contributed by atoms with Gasteiger partial charge in [0.05, 0.1) is 30.5 Å². The maximum atomic E-state index is 15.7. The first-order valence-electron chi connectivity index (χ1n) is 12.0. The molecular weight excluding hydrogens is 548 g/mol. The topological polar surface area (TPSA) is 146 Å². The van der Waals surface area contributed by atoms with E-state index in [1.165, 1.54) is 26.0 Å². The van der Waals surface area contributed by atoms with Gasteiger partial charge in [0.25, 0.3) is 5.56 Å². The van der Waals surface area contributed by atoms with E-state index in [0.717, 1.165) is 0 Å². The Hall–Kier alpha value is -2.93. The molecule has 11 nitrogen and oxygen atoms in total. The van der Waals surface area contributed by atoms with Gasteiger partial charge in [-0.1, -0.05) is 25.1 Å². The molecule has 1 aromatic carbocycles. The van der Waals surface area contributed by atoms with Crippen LogP contribution in [0.25, 0.3) is 0 Å². The van der Waals surface area contributed by atoms with Crippen molar-refractivity contribution in [2.24, 2.45) is 5.92 Å². The van der Waals surface area contributed by atoms with Crippen LogP contribution in [0.2, 0.25) is 0 Å². The number of H-pyrrole nitrogens is 1. The molecular formula is C24H30F3N2O9P. The number of benzene rings is 1. The van der Waals surface area contributed by atoms with Gasteiger partial charge in [0.1, 0.15) is 24.6 Å². The van der Waals surface area contributed by atoms with Gasteiger partial charge in [0, 0.05) is 0 Å². The van der Waals surface area contributed by atoms with Gasteiger partial charge in [-0.25, -0.2) is 18.1 Å². The average Bonchev–Trinajstić information content (AvgIpc) is 3.12. The van der Waals surface area contributed by atoms with Gasteiger partial charge in [-0.3, -0.25) is 23.7 Å². The first-order valence-corrected chi connectivity index (χ1v) is 13.8. The number of nitrogens with one attached hydrogen (secondary N) is 1. The van der Waals surface area contributed by atoms with Crippen molar-refractivity contribution in [3.8, 4) is 5.75 Å². The number of nitrogens with zero attached hydrogens (tertiary/aromatic N) is 1. The van der Waals surface area contributed by atoms with Crippen molar-refractivity contribution < 1.29 is 46.2 Å². The number of alkyl halides is 2. The van der Waals surface area contributed by atoms with E-state index in [-0.39, 0.29) is 10.3 Å². The number of halogens is 3. The molecule has 2 heterocycles. The van der Waals surface area contributed by atoms with Crippen molar-refractivity contribution in [2.45, 2.75) is 64.0 Å². The molecule has 2 N–H and O–H groups in total. The lowest BCUT2D eigenvalue weighted by molar-refractivity contribution is -0.151. The molecule has 0 bridgehead atoms. The second-order valence-electron chi connectivity index (χ2n) is 9.50. The Balaban J connectivity index is 1.91. The van der Waals surface area contributed by atoms with Crippen molar-refractivity contribution in [1.82, 2.24) is 9.55 Å². The molecule has 0 aliphatic carbocycles. The molecule has 1 aliphatic rings. The number of carbonyl (C=O) groups is 1. The highest BCUT2D eigenvalue weighted by Gasteiger charge is 2.61. The second-order valence-corrected chi connectivity index (χ2v) is 11.5. The number of aromatic nitrogens is 2. The molecule has 2 unspecified atom stereocenters. The Labute approximate surface area is 221 Å². The molecule has 39 heavy (non-hydrogen) atoms. The van der Waals surface area contributed by atoms with Crippen molar-refractivity contribution in [3.05, 3.63) is 63.2 Å². The summed E-state index contributed by atoms with van der Waals surface area (Å²) in [5.74, 6) is -3.04. The predicted octanol–water partition coefficient (Wildman–Crippen LogP) is 2.88. The maximum Gasteiger partial charge on any atom is 0.380 e. The van der Waals surface area contributed by atoms with E-state index in [2.05, 4.69) is 0 Å². The summed E-state index contributed by atoms with van der Waals surface area (Å²) < 4.78 is 79.4. The Morgan fingerprint density at radius 2 is 1.87 bits per heavy atom. The van der Waals surface area contributed by atoms with Crippen LogP contribution in [0.4, 0.5) is 13.2 Å². The minimum atomic E-state index is -4.28. The first kappa shape index (κ1) is 30.6. The van der Waals surface area contributed by atoms with E-state index in [1.807, 2.05) is 0 Å². The molecule has 1 fully saturated rings. The lowest BCUT2D eigenvalue weighted by atomic mass is 9.95. The summed E-state index contributed by atoms with van der Waals surface area (Å²) in [6.45, 7) is 4.05. The molecule has 0 radical (unpaired) electrons. The molecule has 3 rings (SSSR count). The lowest BCUT2D eigenvalue weighted by Crippen LogP contribution is -2.48. The van der Waals surface area contributed by atoms with E-state index in [1.54, 1.807) is 37.0 Å². The van der Waals surface area contributed by atoms with Crippen LogP contribution in [-0.4, -0.2) is 63.5 Å². The third-order valence-corrected chi connectivity index (χ3v) is 8.05. The molecule has 0 saturated carbocycles. The monoisotopic (exact) mass is 578 g/mol. The van der Waals surface area contributed by atoms with Gasteiger partial charge in [-0.15, -0.1) is 0 Å². The molecule has 15 heteroatoms. The molecule has 1 aromatic heterocycles. The second kappa shape index (κ2) is 12.1. The first-order chi connectivity index (χ1) is 18.2. The Morgan fingerprint density at radius 1 is 1.23 bits per heavy atom. The summed E-state index contributed by atoms with van der Waals surface area (Å²) in [7, 11) is -4.28. The van der Waals surface area contributed by atoms with Gasteiger partial charge in [-0.2, -0.15) is 4.39 Å². The molecule has 1 saturated heterocycles. The number of rotatable bonds is 11. The van der Waals surface area contributed by atoms with Gasteiger partial charge < -0.3 is 19.1 Å². The van der Waals surface area contributed by atoms with E-state index >= 15 is 4.39 Å². The molecule has 0 amide bonds. The highest BCUT2D eigenvalue weighted by atomic mass is 31.2. The summed E-state index contributed by atoms with van der Waals surface area (Å²) in [5, 5.41) is 10.7. The lowest BCUT2D eigenvalue weighted by Gasteiger charge is -2.29. The highest BCUT2D eigenvalue weighted by molar-refractivity contribution is 7.54. The highest BCUT2D eigenvalue weighted by Crippen LogP contribution is 2.53. The number of esters is 1. The number of para-hydroxylation sites is 1. The van der Waals surface area contributed by atoms with Gasteiger partial charge in [0.15, 0.2) is 6.23 Å². The zero-order valence-corrected chi connectivity index (χ0v) is 22.5.